The van der Waals surface area contributed by atoms with Crippen molar-refractivity contribution < 1.29 is 19.5 Å². The first-order chi connectivity index (χ1) is 14.9. The maximum Gasteiger partial charge on any atom is 0.319 e. The Kier molecular flexibility index (Phi) is 7.11. The van der Waals surface area contributed by atoms with E-state index in [1.807, 2.05) is 32.0 Å². The fourth-order valence-electron chi connectivity index (χ4n) is 3.55. The predicted octanol–water partition coefficient (Wildman–Crippen LogP) is 1.51. The van der Waals surface area contributed by atoms with Crippen molar-refractivity contribution in [1.82, 2.24) is 30.4 Å². The number of amides is 4. The number of piperidine rings is 1. The first-order valence-electron chi connectivity index (χ1n) is 10.4. The van der Waals surface area contributed by atoms with Crippen LogP contribution in [0.15, 0.2) is 36.5 Å². The van der Waals surface area contributed by atoms with Crippen LogP contribution in [0, 0.1) is 5.92 Å². The zero-order valence-electron chi connectivity index (χ0n) is 17.7. The van der Waals surface area contributed by atoms with Crippen molar-refractivity contribution in [2.75, 3.05) is 26.2 Å². The standard InChI is InChI=1S/C21H28N6O4/c1-3-25(4-2)21(31)26-12-10-15(11-13-26)19(29)22-23-20(30)18-17(28)14-27(24-18)16-8-6-5-7-9-16/h5-9,14-15,28H,3-4,10-13H2,1-2H3,(H,22,29)(H,23,30). The van der Waals surface area contributed by atoms with Crippen molar-refractivity contribution in [3.05, 3.63) is 42.2 Å². The highest BCUT2D eigenvalue weighted by molar-refractivity contribution is 5.96. The maximum absolute atomic E-state index is 12.4. The van der Waals surface area contributed by atoms with E-state index in [0.717, 1.165) is 0 Å². The van der Waals surface area contributed by atoms with Crippen molar-refractivity contribution in [3.8, 4) is 11.4 Å². The van der Waals surface area contributed by atoms with Crippen LogP contribution in [0.5, 0.6) is 5.75 Å². The summed E-state index contributed by atoms with van der Waals surface area (Å²) >= 11 is 0. The van der Waals surface area contributed by atoms with Crippen molar-refractivity contribution in [3.63, 3.8) is 0 Å². The van der Waals surface area contributed by atoms with Crippen LogP contribution in [0.1, 0.15) is 37.2 Å². The van der Waals surface area contributed by atoms with E-state index < -0.39 is 5.91 Å². The second-order valence-electron chi connectivity index (χ2n) is 7.30. The molecule has 1 aliphatic heterocycles. The molecule has 1 aromatic heterocycles. The van der Waals surface area contributed by atoms with Crippen molar-refractivity contribution in [2.24, 2.45) is 5.92 Å². The fraction of sp³-hybridized carbons (Fsp3) is 0.429. The molecule has 0 saturated carbocycles. The number of aromatic hydroxyl groups is 1. The molecule has 0 bridgehead atoms. The van der Waals surface area contributed by atoms with E-state index in [4.69, 9.17) is 0 Å². The van der Waals surface area contributed by atoms with E-state index in [1.165, 1.54) is 10.9 Å². The quantitative estimate of drug-likeness (QED) is 0.624. The highest BCUT2D eigenvalue weighted by Gasteiger charge is 2.29. The van der Waals surface area contributed by atoms with Gasteiger partial charge in [-0.3, -0.25) is 20.4 Å². The molecule has 0 radical (unpaired) electrons. The summed E-state index contributed by atoms with van der Waals surface area (Å²) in [6, 6.07) is 9.03. The Bertz CT molecular complexity index is 917. The Morgan fingerprint density at radius 2 is 1.74 bits per heavy atom. The van der Waals surface area contributed by atoms with E-state index in [1.54, 1.807) is 21.9 Å². The largest absolute Gasteiger partial charge is 0.504 e. The topological polar surface area (TPSA) is 120 Å². The first-order valence-corrected chi connectivity index (χ1v) is 10.4. The molecule has 1 saturated heterocycles. The van der Waals surface area contributed by atoms with Gasteiger partial charge < -0.3 is 14.9 Å². The predicted molar refractivity (Wildman–Crippen MR) is 113 cm³/mol. The van der Waals surface area contributed by atoms with Crippen molar-refractivity contribution in [1.29, 1.82) is 0 Å². The molecular weight excluding hydrogens is 400 g/mol. The molecule has 2 heterocycles. The van der Waals surface area contributed by atoms with Gasteiger partial charge in [-0.25, -0.2) is 9.48 Å². The molecule has 0 atom stereocenters. The molecule has 1 aromatic carbocycles. The van der Waals surface area contributed by atoms with Gasteiger partial charge in [0.15, 0.2) is 11.4 Å². The molecule has 166 valence electrons. The lowest BCUT2D eigenvalue weighted by Crippen LogP contribution is -2.50. The number of para-hydroxylation sites is 1. The van der Waals surface area contributed by atoms with Crippen molar-refractivity contribution >= 4 is 17.8 Å². The number of urea groups is 1. The summed E-state index contributed by atoms with van der Waals surface area (Å²) in [6.45, 7) is 6.15. The molecule has 31 heavy (non-hydrogen) atoms. The zero-order chi connectivity index (χ0) is 22.4. The summed E-state index contributed by atoms with van der Waals surface area (Å²) in [5.41, 5.74) is 5.21. The molecule has 4 amide bonds. The van der Waals surface area contributed by atoms with E-state index >= 15 is 0 Å². The second kappa shape index (κ2) is 9.96. The number of likely N-dealkylation sites (tertiary alicyclic amines) is 1. The van der Waals surface area contributed by atoms with Crippen LogP contribution in [0.25, 0.3) is 5.69 Å². The van der Waals surface area contributed by atoms with Crippen LogP contribution in [0.2, 0.25) is 0 Å². The summed E-state index contributed by atoms with van der Waals surface area (Å²) in [6.07, 6.45) is 2.36. The Balaban J connectivity index is 1.51. The molecule has 10 nitrogen and oxygen atoms in total. The molecule has 1 fully saturated rings. The van der Waals surface area contributed by atoms with Crippen LogP contribution < -0.4 is 10.9 Å². The molecule has 2 aromatic rings. The lowest BCUT2D eigenvalue weighted by molar-refractivity contribution is -0.127. The number of hydrogen-bond donors (Lipinski definition) is 3. The number of nitrogens with zero attached hydrogens (tertiary/aromatic N) is 4. The minimum atomic E-state index is -0.713. The summed E-state index contributed by atoms with van der Waals surface area (Å²) in [5, 5.41) is 14.1. The van der Waals surface area contributed by atoms with Gasteiger partial charge >= 0.3 is 6.03 Å². The Morgan fingerprint density at radius 3 is 2.35 bits per heavy atom. The third kappa shape index (κ3) is 5.14. The normalized spacial score (nSPS) is 14.2. The van der Waals surface area contributed by atoms with Crippen LogP contribution >= 0.6 is 0 Å². The number of carbonyl (C=O) groups is 3. The molecule has 0 unspecified atom stereocenters. The van der Waals surface area contributed by atoms with E-state index in [9.17, 15) is 19.5 Å². The lowest BCUT2D eigenvalue weighted by atomic mass is 9.96. The minimum absolute atomic E-state index is 0.0124. The number of aromatic nitrogens is 2. The molecule has 10 heteroatoms. The average Bonchev–Trinajstić information content (AvgIpc) is 3.20. The van der Waals surface area contributed by atoms with Gasteiger partial charge in [0.25, 0.3) is 5.91 Å². The number of hydrazine groups is 1. The number of rotatable bonds is 5. The van der Waals surface area contributed by atoms with E-state index in [0.29, 0.717) is 44.7 Å². The summed E-state index contributed by atoms with van der Waals surface area (Å²) in [5.74, 6) is -1.64. The third-order valence-corrected chi connectivity index (χ3v) is 5.40. The van der Waals surface area contributed by atoms with Crippen LogP contribution in [-0.4, -0.2) is 68.7 Å². The Morgan fingerprint density at radius 1 is 1.10 bits per heavy atom. The maximum atomic E-state index is 12.4. The van der Waals surface area contributed by atoms with Gasteiger partial charge in [-0.2, -0.15) is 5.10 Å². The second-order valence-corrected chi connectivity index (χ2v) is 7.30. The van der Waals surface area contributed by atoms with E-state index in [-0.39, 0.29) is 29.3 Å². The number of carbonyl (C=O) groups excluding carboxylic acids is 3. The van der Waals surface area contributed by atoms with Crippen molar-refractivity contribution in [2.45, 2.75) is 26.7 Å². The Hall–Kier alpha value is -3.56. The molecule has 3 rings (SSSR count). The highest BCUT2D eigenvalue weighted by Crippen LogP contribution is 2.19. The monoisotopic (exact) mass is 428 g/mol. The molecule has 0 aliphatic carbocycles. The number of hydrogen-bond acceptors (Lipinski definition) is 5. The fourth-order valence-corrected chi connectivity index (χ4v) is 3.55. The molecule has 3 N–H and O–H groups in total. The summed E-state index contributed by atoms with van der Waals surface area (Å²) < 4.78 is 1.38. The first kappa shape index (κ1) is 22.1. The number of nitrogens with one attached hydrogen (secondary N) is 2. The lowest BCUT2D eigenvalue weighted by Gasteiger charge is -2.34. The smallest absolute Gasteiger partial charge is 0.319 e. The third-order valence-electron chi connectivity index (χ3n) is 5.40. The molecule has 0 spiro atoms. The van der Waals surface area contributed by atoms with Crippen LogP contribution in [0.4, 0.5) is 4.79 Å². The highest BCUT2D eigenvalue weighted by atomic mass is 16.3. The van der Waals surface area contributed by atoms with Gasteiger partial charge in [-0.05, 0) is 38.8 Å². The van der Waals surface area contributed by atoms with Gasteiger partial charge in [-0.15, -0.1) is 0 Å². The van der Waals surface area contributed by atoms with Gasteiger partial charge in [0, 0.05) is 32.1 Å². The zero-order valence-corrected chi connectivity index (χ0v) is 17.7. The van der Waals surface area contributed by atoms with Crippen LogP contribution in [-0.2, 0) is 4.79 Å². The SMILES string of the molecule is CCN(CC)C(=O)N1CCC(C(=O)NNC(=O)c2nn(-c3ccccc3)cc2O)CC1. The van der Waals surface area contributed by atoms with Gasteiger partial charge in [0.1, 0.15) is 0 Å². The average molecular weight is 428 g/mol. The Labute approximate surface area is 180 Å². The molecule has 1 aliphatic rings. The van der Waals surface area contributed by atoms with Gasteiger partial charge in [0.05, 0.1) is 11.9 Å². The van der Waals surface area contributed by atoms with Gasteiger partial charge in [-0.1, -0.05) is 18.2 Å². The summed E-state index contributed by atoms with van der Waals surface area (Å²) in [7, 11) is 0. The van der Waals surface area contributed by atoms with E-state index in [2.05, 4.69) is 16.0 Å². The summed E-state index contributed by atoms with van der Waals surface area (Å²) in [4.78, 5) is 40.7. The minimum Gasteiger partial charge on any atom is -0.504 e. The van der Waals surface area contributed by atoms with Gasteiger partial charge in [0.2, 0.25) is 5.91 Å². The number of benzene rings is 1. The van der Waals surface area contributed by atoms with Crippen LogP contribution in [0.3, 0.4) is 0 Å². The molecular formula is C21H28N6O4.